The molecule has 0 bridgehead atoms. The van der Waals surface area contributed by atoms with Crippen molar-refractivity contribution in [2.24, 2.45) is 4.99 Å². The minimum Gasteiger partial charge on any atom is -0.397 e. The maximum atomic E-state index is 12.7. The van der Waals surface area contributed by atoms with Crippen molar-refractivity contribution in [3.05, 3.63) is 88.4 Å². The van der Waals surface area contributed by atoms with Crippen molar-refractivity contribution in [2.75, 3.05) is 30.8 Å². The molecule has 0 aliphatic heterocycles. The molecule has 0 saturated carbocycles. The average Bonchev–Trinajstić information content (AvgIpc) is 2.89. The monoisotopic (exact) mass is 520 g/mol. The molecule has 4 N–H and O–H groups in total. The first-order chi connectivity index (χ1) is 18.0. The largest absolute Gasteiger partial charge is 0.397 e. The summed E-state index contributed by atoms with van der Waals surface area (Å²) in [6.45, 7) is 6.19. The number of aryl methyl sites for hydroxylation is 1. The summed E-state index contributed by atoms with van der Waals surface area (Å²) in [6, 6.07) is 21.1. The molecule has 0 saturated heterocycles. The van der Waals surface area contributed by atoms with E-state index < -0.39 is 0 Å². The van der Waals surface area contributed by atoms with E-state index in [4.69, 9.17) is 27.1 Å². The van der Waals surface area contributed by atoms with Gasteiger partial charge in [-0.25, -0.2) is 4.99 Å². The number of nitrogens with two attached hydrogens (primary N) is 1. The Kier molecular flexibility index (Phi) is 11.5. The van der Waals surface area contributed by atoms with Crippen molar-refractivity contribution >= 4 is 40.4 Å². The number of amidine groups is 1. The van der Waals surface area contributed by atoms with Crippen molar-refractivity contribution in [1.29, 1.82) is 0 Å². The van der Waals surface area contributed by atoms with E-state index in [2.05, 4.69) is 30.5 Å². The summed E-state index contributed by atoms with van der Waals surface area (Å²) < 4.78 is 5.48. The fourth-order valence-electron chi connectivity index (χ4n) is 3.85. The molecule has 3 aromatic carbocycles. The van der Waals surface area contributed by atoms with Gasteiger partial charge in [0, 0.05) is 31.7 Å². The number of hydrogen-bond donors (Lipinski definition) is 3. The van der Waals surface area contributed by atoms with Crippen LogP contribution in [0.5, 0.6) is 0 Å². The second-order valence-electron chi connectivity index (χ2n) is 8.91. The van der Waals surface area contributed by atoms with Gasteiger partial charge in [0.1, 0.15) is 5.84 Å². The van der Waals surface area contributed by atoms with Crippen LogP contribution in [0.3, 0.4) is 0 Å². The fourth-order valence-corrected chi connectivity index (χ4v) is 4.02. The van der Waals surface area contributed by atoms with E-state index in [9.17, 15) is 4.79 Å². The summed E-state index contributed by atoms with van der Waals surface area (Å²) in [5, 5.41) is 7.01. The van der Waals surface area contributed by atoms with E-state index in [-0.39, 0.29) is 5.91 Å². The van der Waals surface area contributed by atoms with Gasteiger partial charge < -0.3 is 21.1 Å². The third-order valence-corrected chi connectivity index (χ3v) is 6.03. The van der Waals surface area contributed by atoms with Gasteiger partial charge in [-0.1, -0.05) is 62.2 Å². The second-order valence-corrected chi connectivity index (χ2v) is 9.31. The van der Waals surface area contributed by atoms with Crippen LogP contribution in [0, 0.1) is 0 Å². The highest BCUT2D eigenvalue weighted by atomic mass is 35.5. The summed E-state index contributed by atoms with van der Waals surface area (Å²) in [5.74, 6) is 0.575. The Morgan fingerprint density at radius 3 is 2.59 bits per heavy atom. The highest BCUT2D eigenvalue weighted by molar-refractivity contribution is 6.33. The number of hydrogen-bond acceptors (Lipinski definition) is 4. The lowest BCUT2D eigenvalue weighted by Gasteiger charge is -2.14. The van der Waals surface area contributed by atoms with E-state index in [1.54, 1.807) is 0 Å². The van der Waals surface area contributed by atoms with Crippen molar-refractivity contribution in [1.82, 2.24) is 5.32 Å². The van der Waals surface area contributed by atoms with Crippen LogP contribution in [0.25, 0.3) is 0 Å². The number of aliphatic imine (C=N–C) groups is 1. The van der Waals surface area contributed by atoms with Crippen LogP contribution in [0.1, 0.15) is 54.6 Å². The first-order valence-corrected chi connectivity index (χ1v) is 13.3. The topological polar surface area (TPSA) is 88.7 Å². The molecular formula is C30H37ClN4O2. The molecule has 0 spiro atoms. The Bertz CT molecular complexity index is 1200. The van der Waals surface area contributed by atoms with E-state index in [0.717, 1.165) is 43.5 Å². The van der Waals surface area contributed by atoms with Gasteiger partial charge in [-0.15, -0.1) is 0 Å². The number of benzene rings is 3. The van der Waals surface area contributed by atoms with Crippen LogP contribution in [-0.4, -0.2) is 31.5 Å². The summed E-state index contributed by atoms with van der Waals surface area (Å²) in [7, 11) is 0. The molecular weight excluding hydrogens is 484 g/mol. The zero-order chi connectivity index (χ0) is 26.5. The van der Waals surface area contributed by atoms with E-state index in [1.807, 2.05) is 60.7 Å². The van der Waals surface area contributed by atoms with Crippen LogP contribution in [0.15, 0.2) is 71.7 Å². The Morgan fingerprint density at radius 1 is 0.973 bits per heavy atom. The minimum atomic E-state index is -0.105. The van der Waals surface area contributed by atoms with Crippen molar-refractivity contribution in [3.8, 4) is 0 Å². The molecule has 1 amide bonds. The Labute approximate surface area is 225 Å². The molecule has 3 rings (SSSR count). The van der Waals surface area contributed by atoms with E-state index >= 15 is 0 Å². The Hall–Kier alpha value is -3.35. The lowest BCUT2D eigenvalue weighted by molar-refractivity contribution is 0.0941. The van der Waals surface area contributed by atoms with Crippen molar-refractivity contribution < 1.29 is 9.53 Å². The summed E-state index contributed by atoms with van der Waals surface area (Å²) in [4.78, 5) is 17.5. The summed E-state index contributed by atoms with van der Waals surface area (Å²) in [5.41, 5.74) is 11.0. The highest BCUT2D eigenvalue weighted by Gasteiger charge is 2.11. The van der Waals surface area contributed by atoms with Gasteiger partial charge >= 0.3 is 0 Å². The maximum Gasteiger partial charge on any atom is 0.251 e. The molecule has 3 aromatic rings. The first-order valence-electron chi connectivity index (χ1n) is 12.9. The van der Waals surface area contributed by atoms with Gasteiger partial charge in [0.05, 0.1) is 22.1 Å². The second kappa shape index (κ2) is 15.0. The van der Waals surface area contributed by atoms with Gasteiger partial charge in [0.25, 0.3) is 5.91 Å². The lowest BCUT2D eigenvalue weighted by Crippen LogP contribution is -2.25. The minimum absolute atomic E-state index is 0.105. The zero-order valence-corrected chi connectivity index (χ0v) is 22.5. The molecule has 7 heteroatoms. The number of rotatable bonds is 13. The van der Waals surface area contributed by atoms with Crippen LogP contribution in [-0.2, 0) is 17.6 Å². The SMILES string of the molecule is CCCOCCCNC(=O)c1cccc(CC(=Nc2ccccc2N)Nc2cc(CCC)ccc2Cl)c1. The van der Waals surface area contributed by atoms with Crippen molar-refractivity contribution in [3.63, 3.8) is 0 Å². The number of halogens is 1. The Morgan fingerprint density at radius 2 is 1.81 bits per heavy atom. The van der Waals surface area contributed by atoms with Gasteiger partial charge in [-0.3, -0.25) is 4.79 Å². The molecule has 0 atom stereocenters. The number of amides is 1. The number of anilines is 2. The predicted molar refractivity (Wildman–Crippen MR) is 155 cm³/mol. The number of nitrogens with one attached hydrogen (secondary N) is 2. The number of para-hydroxylation sites is 2. The summed E-state index contributed by atoms with van der Waals surface area (Å²) >= 11 is 6.53. The number of carbonyl (C=O) groups excluding carboxylic acids is 1. The molecule has 0 aliphatic rings. The fraction of sp³-hybridized carbons (Fsp3) is 0.333. The molecule has 0 heterocycles. The van der Waals surface area contributed by atoms with Crippen LogP contribution >= 0.6 is 11.6 Å². The van der Waals surface area contributed by atoms with Crippen LogP contribution in [0.4, 0.5) is 17.1 Å². The smallest absolute Gasteiger partial charge is 0.251 e. The normalized spacial score (nSPS) is 11.4. The maximum absolute atomic E-state index is 12.7. The number of nitrogen functional groups attached to an aromatic ring is 1. The predicted octanol–water partition coefficient (Wildman–Crippen LogP) is 6.81. The third-order valence-electron chi connectivity index (χ3n) is 5.70. The lowest BCUT2D eigenvalue weighted by atomic mass is 10.1. The molecule has 6 nitrogen and oxygen atoms in total. The molecule has 0 fully saturated rings. The molecule has 0 aromatic heterocycles. The number of ether oxygens (including phenoxy) is 1. The van der Waals surface area contributed by atoms with Gasteiger partial charge in [0.15, 0.2) is 0 Å². The Balaban J connectivity index is 1.79. The zero-order valence-electron chi connectivity index (χ0n) is 21.7. The molecule has 196 valence electrons. The van der Waals surface area contributed by atoms with Gasteiger partial charge in [-0.05, 0) is 66.8 Å². The van der Waals surface area contributed by atoms with Crippen LogP contribution in [0.2, 0.25) is 5.02 Å². The molecule has 0 unspecified atom stereocenters. The van der Waals surface area contributed by atoms with Crippen molar-refractivity contribution in [2.45, 2.75) is 46.0 Å². The third kappa shape index (κ3) is 9.23. The summed E-state index contributed by atoms with van der Waals surface area (Å²) in [6.07, 6.45) is 4.25. The molecule has 0 radical (unpaired) electrons. The number of carbonyl (C=O) groups is 1. The standard InChI is InChI=1S/C30H37ClN4O2/c1-3-9-22-14-15-25(31)28(20-22)35-29(34-27-13-6-5-12-26(27)32)21-23-10-7-11-24(19-23)30(36)33-16-8-18-37-17-4-2/h5-7,10-15,19-20H,3-4,8-9,16-18,21,32H2,1-2H3,(H,33,36)(H,34,35). The highest BCUT2D eigenvalue weighted by Crippen LogP contribution is 2.26. The van der Waals surface area contributed by atoms with Gasteiger partial charge in [0.2, 0.25) is 0 Å². The first kappa shape index (κ1) is 28.2. The average molecular weight is 521 g/mol. The quantitative estimate of drug-likeness (QED) is 0.0999. The van der Waals surface area contributed by atoms with E-state index in [0.29, 0.717) is 47.4 Å². The number of nitrogens with zero attached hydrogens (tertiary/aromatic N) is 1. The molecule has 37 heavy (non-hydrogen) atoms. The van der Waals surface area contributed by atoms with E-state index in [1.165, 1.54) is 5.56 Å². The van der Waals surface area contributed by atoms with Gasteiger partial charge in [-0.2, -0.15) is 0 Å². The van der Waals surface area contributed by atoms with Crippen LogP contribution < -0.4 is 16.4 Å². The molecule has 0 aliphatic carbocycles.